The summed E-state index contributed by atoms with van der Waals surface area (Å²) < 4.78 is 14.9. The van der Waals surface area contributed by atoms with Crippen molar-refractivity contribution in [3.8, 4) is 11.3 Å². The van der Waals surface area contributed by atoms with Gasteiger partial charge in [0.05, 0.1) is 5.69 Å². The molecule has 0 spiro atoms. The summed E-state index contributed by atoms with van der Waals surface area (Å²) in [7, 11) is 1.80. The van der Waals surface area contributed by atoms with Crippen LogP contribution in [0.5, 0.6) is 0 Å². The van der Waals surface area contributed by atoms with Gasteiger partial charge in [-0.2, -0.15) is 0 Å². The average molecular weight is 218 g/mol. The van der Waals surface area contributed by atoms with Gasteiger partial charge in [-0.1, -0.05) is 12.1 Å². The molecule has 0 atom stereocenters. The molecule has 0 aliphatic carbocycles. The van der Waals surface area contributed by atoms with Crippen molar-refractivity contribution >= 4 is 6.29 Å². The standard InChI is InChI=1S/C12H11FN2O/c1-8-14-11(7-16)12(15(8)2)9-4-3-5-10(13)6-9/h3-7H,1-2H3. The molecule has 16 heavy (non-hydrogen) atoms. The lowest BCUT2D eigenvalue weighted by Crippen LogP contribution is -1.95. The molecule has 4 heteroatoms. The van der Waals surface area contributed by atoms with E-state index in [-0.39, 0.29) is 5.82 Å². The highest BCUT2D eigenvalue weighted by molar-refractivity contribution is 5.84. The van der Waals surface area contributed by atoms with Crippen molar-refractivity contribution in [2.75, 3.05) is 0 Å². The highest BCUT2D eigenvalue weighted by Gasteiger charge is 2.13. The number of imidazole rings is 1. The number of aryl methyl sites for hydroxylation is 1. The van der Waals surface area contributed by atoms with E-state index in [0.717, 1.165) is 5.82 Å². The zero-order valence-electron chi connectivity index (χ0n) is 9.07. The third-order valence-corrected chi connectivity index (χ3v) is 2.56. The van der Waals surface area contributed by atoms with Crippen molar-refractivity contribution in [3.05, 3.63) is 41.6 Å². The molecule has 1 aromatic heterocycles. The second-order valence-electron chi connectivity index (χ2n) is 3.58. The topological polar surface area (TPSA) is 34.9 Å². The second-order valence-corrected chi connectivity index (χ2v) is 3.58. The third-order valence-electron chi connectivity index (χ3n) is 2.56. The molecular weight excluding hydrogens is 207 g/mol. The van der Waals surface area contributed by atoms with Gasteiger partial charge in [-0.15, -0.1) is 0 Å². The van der Waals surface area contributed by atoms with E-state index in [2.05, 4.69) is 4.98 Å². The van der Waals surface area contributed by atoms with Crippen LogP contribution in [0.2, 0.25) is 0 Å². The van der Waals surface area contributed by atoms with Crippen molar-refractivity contribution in [2.45, 2.75) is 6.92 Å². The molecule has 0 N–H and O–H groups in total. The zero-order valence-corrected chi connectivity index (χ0v) is 9.07. The maximum absolute atomic E-state index is 13.1. The maximum Gasteiger partial charge on any atom is 0.170 e. The summed E-state index contributed by atoms with van der Waals surface area (Å²) in [6.07, 6.45) is 0.688. The molecular formula is C12H11FN2O. The fourth-order valence-electron chi connectivity index (χ4n) is 1.70. The summed E-state index contributed by atoms with van der Waals surface area (Å²) in [6, 6.07) is 6.13. The van der Waals surface area contributed by atoms with Crippen molar-refractivity contribution in [1.29, 1.82) is 0 Å². The number of rotatable bonds is 2. The molecule has 2 rings (SSSR count). The van der Waals surface area contributed by atoms with E-state index in [9.17, 15) is 9.18 Å². The lowest BCUT2D eigenvalue weighted by atomic mass is 10.1. The Bertz CT molecular complexity index is 546. The minimum absolute atomic E-state index is 0.326. The Labute approximate surface area is 92.5 Å². The average Bonchev–Trinajstić information content (AvgIpc) is 2.55. The number of benzene rings is 1. The summed E-state index contributed by atoms with van der Waals surface area (Å²) in [4.78, 5) is 15.0. The summed E-state index contributed by atoms with van der Waals surface area (Å²) in [6.45, 7) is 1.80. The van der Waals surface area contributed by atoms with Crippen LogP contribution in [0.3, 0.4) is 0 Å². The van der Waals surface area contributed by atoms with Crippen molar-refractivity contribution in [3.63, 3.8) is 0 Å². The molecule has 2 aromatic rings. The number of nitrogens with zero attached hydrogens (tertiary/aromatic N) is 2. The first-order chi connectivity index (χ1) is 7.63. The Kier molecular flexibility index (Phi) is 2.56. The SMILES string of the molecule is Cc1nc(C=O)c(-c2cccc(F)c2)n1C. The van der Waals surface area contributed by atoms with E-state index in [1.807, 2.05) is 0 Å². The first-order valence-corrected chi connectivity index (χ1v) is 4.88. The number of hydrogen-bond donors (Lipinski definition) is 0. The largest absolute Gasteiger partial charge is 0.331 e. The van der Waals surface area contributed by atoms with Crippen LogP contribution in [0.4, 0.5) is 4.39 Å². The van der Waals surface area contributed by atoms with Crippen molar-refractivity contribution in [2.24, 2.45) is 7.05 Å². The number of hydrogen-bond acceptors (Lipinski definition) is 2. The van der Waals surface area contributed by atoms with Gasteiger partial charge >= 0.3 is 0 Å². The highest BCUT2D eigenvalue weighted by Crippen LogP contribution is 2.23. The number of carbonyl (C=O) groups excluding carboxylic acids is 1. The molecule has 3 nitrogen and oxygen atoms in total. The summed E-state index contributed by atoms with van der Waals surface area (Å²) in [5.41, 5.74) is 1.64. The van der Waals surface area contributed by atoms with E-state index in [1.54, 1.807) is 30.7 Å². The number of aldehydes is 1. The summed E-state index contributed by atoms with van der Waals surface area (Å²) >= 11 is 0. The Morgan fingerprint density at radius 1 is 1.44 bits per heavy atom. The molecule has 0 unspecified atom stereocenters. The molecule has 82 valence electrons. The normalized spacial score (nSPS) is 10.4. The zero-order chi connectivity index (χ0) is 11.7. The number of aromatic nitrogens is 2. The van der Waals surface area contributed by atoms with Crippen LogP contribution >= 0.6 is 0 Å². The van der Waals surface area contributed by atoms with Gasteiger partial charge in [-0.25, -0.2) is 9.37 Å². The predicted molar refractivity (Wildman–Crippen MR) is 58.7 cm³/mol. The molecule has 0 aliphatic rings. The van der Waals surface area contributed by atoms with E-state index in [0.29, 0.717) is 23.2 Å². The minimum atomic E-state index is -0.326. The maximum atomic E-state index is 13.1. The molecule has 0 fully saturated rings. The number of halogens is 1. The van der Waals surface area contributed by atoms with Crippen LogP contribution in [-0.2, 0) is 7.05 Å². The van der Waals surface area contributed by atoms with Gasteiger partial charge < -0.3 is 4.57 Å². The first-order valence-electron chi connectivity index (χ1n) is 4.88. The molecule has 1 heterocycles. The molecule has 0 radical (unpaired) electrons. The fourth-order valence-corrected chi connectivity index (χ4v) is 1.70. The monoisotopic (exact) mass is 218 g/mol. The predicted octanol–water partition coefficient (Wildman–Crippen LogP) is 2.35. The van der Waals surface area contributed by atoms with Gasteiger partial charge in [0.2, 0.25) is 0 Å². The first kappa shape index (κ1) is 10.5. The molecule has 1 aromatic carbocycles. The third kappa shape index (κ3) is 1.62. The van der Waals surface area contributed by atoms with Crippen molar-refractivity contribution < 1.29 is 9.18 Å². The van der Waals surface area contributed by atoms with Gasteiger partial charge in [-0.05, 0) is 19.1 Å². The van der Waals surface area contributed by atoms with Gasteiger partial charge in [-0.3, -0.25) is 4.79 Å². The van der Waals surface area contributed by atoms with Crippen LogP contribution in [0.25, 0.3) is 11.3 Å². The Morgan fingerprint density at radius 3 is 2.81 bits per heavy atom. The van der Waals surface area contributed by atoms with Crippen molar-refractivity contribution in [1.82, 2.24) is 9.55 Å². The smallest absolute Gasteiger partial charge is 0.170 e. The number of carbonyl (C=O) groups is 1. The van der Waals surface area contributed by atoms with Crippen LogP contribution < -0.4 is 0 Å². The quantitative estimate of drug-likeness (QED) is 0.725. The molecule has 0 saturated heterocycles. The van der Waals surface area contributed by atoms with Gasteiger partial charge in [0.25, 0.3) is 0 Å². The Hall–Kier alpha value is -1.97. The summed E-state index contributed by atoms with van der Waals surface area (Å²) in [5.74, 6) is 0.398. The van der Waals surface area contributed by atoms with Crippen LogP contribution in [0.15, 0.2) is 24.3 Å². The molecule has 0 amide bonds. The molecule has 0 bridgehead atoms. The van der Waals surface area contributed by atoms with Crippen LogP contribution in [0, 0.1) is 12.7 Å². The minimum Gasteiger partial charge on any atom is -0.331 e. The molecule has 0 saturated carbocycles. The van der Waals surface area contributed by atoms with Crippen LogP contribution in [0.1, 0.15) is 16.3 Å². The molecule has 0 aliphatic heterocycles. The fraction of sp³-hybridized carbons (Fsp3) is 0.167. The van der Waals surface area contributed by atoms with Gasteiger partial charge in [0.15, 0.2) is 6.29 Å². The van der Waals surface area contributed by atoms with E-state index < -0.39 is 0 Å². The second kappa shape index (κ2) is 3.89. The Morgan fingerprint density at radius 2 is 2.19 bits per heavy atom. The lowest BCUT2D eigenvalue weighted by molar-refractivity contribution is 0.112. The van der Waals surface area contributed by atoms with E-state index >= 15 is 0 Å². The summed E-state index contributed by atoms with van der Waals surface area (Å²) in [5, 5.41) is 0. The lowest BCUT2D eigenvalue weighted by Gasteiger charge is -2.04. The Balaban J connectivity index is 2.67. The van der Waals surface area contributed by atoms with E-state index in [4.69, 9.17) is 0 Å². The highest BCUT2D eigenvalue weighted by atomic mass is 19.1. The van der Waals surface area contributed by atoms with Crippen LogP contribution in [-0.4, -0.2) is 15.8 Å². The van der Waals surface area contributed by atoms with E-state index in [1.165, 1.54) is 12.1 Å². The van der Waals surface area contributed by atoms with Gasteiger partial charge in [0, 0.05) is 12.6 Å². The van der Waals surface area contributed by atoms with Gasteiger partial charge in [0.1, 0.15) is 17.3 Å².